The normalized spacial score (nSPS) is 26.2. The number of nitrogens with zero attached hydrogens (tertiary/aromatic N) is 1. The largest absolute Gasteiger partial charge is 0.302 e. The summed E-state index contributed by atoms with van der Waals surface area (Å²) in [5.74, 6) is -0.273. The first-order chi connectivity index (χ1) is 7.25. The van der Waals surface area contributed by atoms with Crippen LogP contribution >= 0.6 is 11.3 Å². The van der Waals surface area contributed by atoms with E-state index in [1.54, 1.807) is 11.6 Å². The van der Waals surface area contributed by atoms with Gasteiger partial charge in [0.1, 0.15) is 6.17 Å². The van der Waals surface area contributed by atoms with Crippen molar-refractivity contribution in [2.24, 2.45) is 5.92 Å². The Morgan fingerprint density at radius 1 is 1.60 bits per heavy atom. The standard InChI is InChI=1S/C10H13FN2OS/c11-8-3-1-2-7(6-8)9(14)13-10-12-4-5-15-10/h4-5,7-8H,1-3,6H2,(H,12,13,14)/t7-,8-/m1/s1. The maximum absolute atomic E-state index is 13.1. The molecule has 5 heteroatoms. The van der Waals surface area contributed by atoms with Crippen LogP contribution in [0.4, 0.5) is 9.52 Å². The van der Waals surface area contributed by atoms with E-state index in [9.17, 15) is 9.18 Å². The number of halogens is 1. The molecule has 0 aliphatic heterocycles. The molecule has 1 aliphatic rings. The summed E-state index contributed by atoms with van der Waals surface area (Å²) in [6.07, 6.45) is 3.37. The van der Waals surface area contributed by atoms with Gasteiger partial charge in [0.15, 0.2) is 5.13 Å². The van der Waals surface area contributed by atoms with Gasteiger partial charge in [0.05, 0.1) is 0 Å². The molecule has 0 spiro atoms. The molecule has 1 aromatic heterocycles. The van der Waals surface area contributed by atoms with Gasteiger partial charge in [-0.05, 0) is 25.7 Å². The summed E-state index contributed by atoms with van der Waals surface area (Å²) in [5, 5.41) is 5.11. The summed E-state index contributed by atoms with van der Waals surface area (Å²) in [5.41, 5.74) is 0. The minimum absolute atomic E-state index is 0.0905. The van der Waals surface area contributed by atoms with E-state index in [1.165, 1.54) is 11.3 Å². The number of hydrogen-bond acceptors (Lipinski definition) is 3. The van der Waals surface area contributed by atoms with Crippen molar-refractivity contribution in [1.82, 2.24) is 4.98 Å². The zero-order valence-corrected chi connectivity index (χ0v) is 9.10. The molecule has 1 heterocycles. The summed E-state index contributed by atoms with van der Waals surface area (Å²) >= 11 is 1.38. The molecule has 2 rings (SSSR count). The van der Waals surface area contributed by atoms with Crippen LogP contribution in [0.15, 0.2) is 11.6 Å². The Balaban J connectivity index is 1.90. The average molecular weight is 228 g/mol. The quantitative estimate of drug-likeness (QED) is 0.845. The number of thiazole rings is 1. The van der Waals surface area contributed by atoms with E-state index >= 15 is 0 Å². The Hall–Kier alpha value is -0.970. The lowest BCUT2D eigenvalue weighted by molar-refractivity contribution is -0.121. The predicted molar refractivity (Wildman–Crippen MR) is 57.6 cm³/mol. The van der Waals surface area contributed by atoms with Crippen LogP contribution in [0.1, 0.15) is 25.7 Å². The first-order valence-electron chi connectivity index (χ1n) is 5.10. The zero-order chi connectivity index (χ0) is 10.7. The Bertz CT molecular complexity index is 328. The zero-order valence-electron chi connectivity index (χ0n) is 8.28. The minimum Gasteiger partial charge on any atom is -0.302 e. The van der Waals surface area contributed by atoms with Crippen LogP contribution in [-0.2, 0) is 4.79 Å². The monoisotopic (exact) mass is 228 g/mol. The van der Waals surface area contributed by atoms with Crippen LogP contribution in [0.2, 0.25) is 0 Å². The van der Waals surface area contributed by atoms with Gasteiger partial charge >= 0.3 is 0 Å². The van der Waals surface area contributed by atoms with Crippen molar-refractivity contribution in [1.29, 1.82) is 0 Å². The van der Waals surface area contributed by atoms with Crippen molar-refractivity contribution >= 4 is 22.4 Å². The van der Waals surface area contributed by atoms with Gasteiger partial charge in [0.25, 0.3) is 0 Å². The van der Waals surface area contributed by atoms with E-state index < -0.39 is 6.17 Å². The summed E-state index contributed by atoms with van der Waals surface area (Å²) in [4.78, 5) is 15.7. The van der Waals surface area contributed by atoms with Crippen LogP contribution in [0.25, 0.3) is 0 Å². The second kappa shape index (κ2) is 4.70. The molecule has 82 valence electrons. The Morgan fingerprint density at radius 3 is 3.13 bits per heavy atom. The Labute approximate surface area is 91.7 Å². The first-order valence-corrected chi connectivity index (χ1v) is 5.98. The third kappa shape index (κ3) is 2.75. The molecule has 1 aliphatic carbocycles. The van der Waals surface area contributed by atoms with Crippen molar-refractivity contribution in [2.75, 3.05) is 5.32 Å². The fraction of sp³-hybridized carbons (Fsp3) is 0.600. The smallest absolute Gasteiger partial charge is 0.229 e. The summed E-state index contributed by atoms with van der Waals surface area (Å²) in [6.45, 7) is 0. The first kappa shape index (κ1) is 10.5. The molecular weight excluding hydrogens is 215 g/mol. The molecule has 1 fully saturated rings. The molecular formula is C10H13FN2OS. The van der Waals surface area contributed by atoms with Crippen molar-refractivity contribution in [3.05, 3.63) is 11.6 Å². The SMILES string of the molecule is O=C(Nc1nccs1)[C@@H]1CCC[C@@H](F)C1. The summed E-state index contributed by atoms with van der Waals surface area (Å²) in [6, 6.07) is 0. The van der Waals surface area contributed by atoms with Crippen LogP contribution in [0, 0.1) is 5.92 Å². The van der Waals surface area contributed by atoms with E-state index in [1.807, 2.05) is 0 Å². The van der Waals surface area contributed by atoms with Crippen molar-refractivity contribution in [3.63, 3.8) is 0 Å². The van der Waals surface area contributed by atoms with Gasteiger partial charge in [-0.1, -0.05) is 0 Å². The van der Waals surface area contributed by atoms with E-state index in [2.05, 4.69) is 10.3 Å². The topological polar surface area (TPSA) is 42.0 Å². The Kier molecular flexibility index (Phi) is 3.30. The lowest BCUT2D eigenvalue weighted by atomic mass is 9.87. The lowest BCUT2D eigenvalue weighted by Gasteiger charge is -2.22. The number of anilines is 1. The number of carbonyl (C=O) groups excluding carboxylic acids is 1. The molecule has 0 radical (unpaired) electrons. The van der Waals surface area contributed by atoms with Crippen molar-refractivity contribution in [3.8, 4) is 0 Å². The number of hydrogen-bond donors (Lipinski definition) is 1. The number of alkyl halides is 1. The number of aromatic nitrogens is 1. The highest BCUT2D eigenvalue weighted by molar-refractivity contribution is 7.13. The predicted octanol–water partition coefficient (Wildman–Crippen LogP) is 2.61. The third-order valence-electron chi connectivity index (χ3n) is 2.64. The molecule has 15 heavy (non-hydrogen) atoms. The summed E-state index contributed by atoms with van der Waals surface area (Å²) in [7, 11) is 0. The molecule has 2 atom stereocenters. The molecule has 1 amide bonds. The van der Waals surface area contributed by atoms with Crippen LogP contribution in [0.5, 0.6) is 0 Å². The van der Waals surface area contributed by atoms with Crippen LogP contribution in [0.3, 0.4) is 0 Å². The highest BCUT2D eigenvalue weighted by atomic mass is 32.1. The van der Waals surface area contributed by atoms with Crippen LogP contribution < -0.4 is 5.32 Å². The van der Waals surface area contributed by atoms with E-state index in [0.717, 1.165) is 12.8 Å². The van der Waals surface area contributed by atoms with E-state index in [-0.39, 0.29) is 11.8 Å². The lowest BCUT2D eigenvalue weighted by Crippen LogP contribution is -2.28. The highest BCUT2D eigenvalue weighted by Gasteiger charge is 2.27. The Morgan fingerprint density at radius 2 is 2.47 bits per heavy atom. The van der Waals surface area contributed by atoms with Crippen LogP contribution in [-0.4, -0.2) is 17.1 Å². The maximum Gasteiger partial charge on any atom is 0.229 e. The van der Waals surface area contributed by atoms with Gasteiger partial charge in [-0.15, -0.1) is 11.3 Å². The van der Waals surface area contributed by atoms with Crippen molar-refractivity contribution < 1.29 is 9.18 Å². The van der Waals surface area contributed by atoms with E-state index in [4.69, 9.17) is 0 Å². The maximum atomic E-state index is 13.1. The van der Waals surface area contributed by atoms with Crippen molar-refractivity contribution in [2.45, 2.75) is 31.9 Å². The summed E-state index contributed by atoms with van der Waals surface area (Å²) < 4.78 is 13.1. The molecule has 3 nitrogen and oxygen atoms in total. The van der Waals surface area contributed by atoms with Gasteiger partial charge in [0, 0.05) is 17.5 Å². The minimum atomic E-state index is -0.814. The number of carbonyl (C=O) groups is 1. The number of rotatable bonds is 2. The molecule has 0 aromatic carbocycles. The third-order valence-corrected chi connectivity index (χ3v) is 3.33. The van der Waals surface area contributed by atoms with Gasteiger partial charge in [-0.2, -0.15) is 0 Å². The molecule has 1 aromatic rings. The van der Waals surface area contributed by atoms with Gasteiger partial charge < -0.3 is 5.32 Å². The molecule has 0 bridgehead atoms. The second-order valence-electron chi connectivity index (χ2n) is 3.79. The van der Waals surface area contributed by atoms with Gasteiger partial charge in [-0.3, -0.25) is 4.79 Å². The molecule has 0 saturated heterocycles. The van der Waals surface area contributed by atoms with Gasteiger partial charge in [0.2, 0.25) is 5.91 Å². The molecule has 0 unspecified atom stereocenters. The number of nitrogens with one attached hydrogen (secondary N) is 1. The fourth-order valence-electron chi connectivity index (χ4n) is 1.86. The highest BCUT2D eigenvalue weighted by Crippen LogP contribution is 2.27. The molecule has 1 saturated carbocycles. The molecule has 1 N–H and O–H groups in total. The van der Waals surface area contributed by atoms with Gasteiger partial charge in [-0.25, -0.2) is 9.37 Å². The van der Waals surface area contributed by atoms with E-state index in [0.29, 0.717) is 18.0 Å². The second-order valence-corrected chi connectivity index (χ2v) is 4.68. The average Bonchev–Trinajstić information content (AvgIpc) is 2.70. The number of amides is 1. The fourth-order valence-corrected chi connectivity index (χ4v) is 2.39.